The number of hydrogen-bond acceptors (Lipinski definition) is 3. The fraction of sp³-hybridized carbons (Fsp3) is 1.00. The number of aliphatic hydroxyl groups excluding tert-OH is 1. The van der Waals surface area contributed by atoms with Gasteiger partial charge in [-0.05, 0) is 44.7 Å². The van der Waals surface area contributed by atoms with Crippen LogP contribution in [0.4, 0.5) is 0 Å². The molecule has 1 saturated carbocycles. The molecule has 3 saturated heterocycles. The Bertz CT molecular complexity index is 268. The van der Waals surface area contributed by atoms with E-state index in [9.17, 15) is 5.11 Å². The molecule has 1 atom stereocenters. The molecule has 1 unspecified atom stereocenters. The summed E-state index contributed by atoms with van der Waals surface area (Å²) in [5.41, 5.74) is 0.199. The minimum Gasteiger partial charge on any atom is -0.396 e. The Morgan fingerprint density at radius 3 is 2.39 bits per heavy atom. The van der Waals surface area contributed by atoms with Crippen LogP contribution in [0, 0.1) is 11.3 Å². The highest BCUT2D eigenvalue weighted by Crippen LogP contribution is 2.36. The van der Waals surface area contributed by atoms with Crippen molar-refractivity contribution in [3.63, 3.8) is 0 Å². The molecule has 0 aromatic rings. The van der Waals surface area contributed by atoms with Crippen LogP contribution in [-0.4, -0.2) is 48.8 Å². The Morgan fingerprint density at radius 2 is 1.83 bits per heavy atom. The van der Waals surface area contributed by atoms with Crippen LogP contribution in [0.15, 0.2) is 0 Å². The molecule has 4 aliphatic rings. The average molecular weight is 252 g/mol. The van der Waals surface area contributed by atoms with Crippen LogP contribution in [0.3, 0.4) is 0 Å². The standard InChI is InChI=1S/C15H28N2O/c18-12-15(6-2-1-3-7-15)11-16-14-10-17-8-4-13(14)5-9-17/h13-14,16,18H,1-12H2. The molecule has 0 aromatic heterocycles. The van der Waals surface area contributed by atoms with Gasteiger partial charge in [-0.15, -0.1) is 0 Å². The fourth-order valence-electron chi connectivity index (χ4n) is 4.24. The van der Waals surface area contributed by atoms with Gasteiger partial charge in [0.2, 0.25) is 0 Å². The summed E-state index contributed by atoms with van der Waals surface area (Å²) in [6.45, 7) is 5.29. The third kappa shape index (κ3) is 2.59. The molecule has 2 bridgehead atoms. The SMILES string of the molecule is OCC1(CNC2CN3CCC2CC3)CCCCC1. The van der Waals surface area contributed by atoms with Gasteiger partial charge in [0.25, 0.3) is 0 Å². The summed E-state index contributed by atoms with van der Waals surface area (Å²) in [5, 5.41) is 13.6. The number of hydrogen-bond donors (Lipinski definition) is 2. The van der Waals surface area contributed by atoms with Gasteiger partial charge in [-0.1, -0.05) is 19.3 Å². The molecule has 18 heavy (non-hydrogen) atoms. The number of nitrogens with zero attached hydrogens (tertiary/aromatic N) is 1. The maximum atomic E-state index is 9.75. The summed E-state index contributed by atoms with van der Waals surface area (Å²) in [5.74, 6) is 0.898. The highest BCUT2D eigenvalue weighted by molar-refractivity contribution is 4.93. The van der Waals surface area contributed by atoms with Gasteiger partial charge >= 0.3 is 0 Å². The van der Waals surface area contributed by atoms with Crippen molar-refractivity contribution in [1.29, 1.82) is 0 Å². The largest absolute Gasteiger partial charge is 0.396 e. The Hall–Kier alpha value is -0.120. The van der Waals surface area contributed by atoms with Crippen LogP contribution in [0.25, 0.3) is 0 Å². The third-order valence-corrected chi connectivity index (χ3v) is 5.65. The van der Waals surface area contributed by atoms with E-state index in [0.29, 0.717) is 12.6 Å². The van der Waals surface area contributed by atoms with E-state index < -0.39 is 0 Å². The molecule has 0 radical (unpaired) electrons. The molecule has 3 heterocycles. The molecule has 0 aromatic carbocycles. The molecule has 3 nitrogen and oxygen atoms in total. The molecule has 4 rings (SSSR count). The number of nitrogens with one attached hydrogen (secondary N) is 1. The summed E-state index contributed by atoms with van der Waals surface area (Å²) in [7, 11) is 0. The van der Waals surface area contributed by atoms with Gasteiger partial charge < -0.3 is 15.3 Å². The van der Waals surface area contributed by atoms with Crippen LogP contribution in [0.5, 0.6) is 0 Å². The zero-order valence-corrected chi connectivity index (χ0v) is 11.5. The topological polar surface area (TPSA) is 35.5 Å². The van der Waals surface area contributed by atoms with Crippen molar-refractivity contribution in [1.82, 2.24) is 10.2 Å². The summed E-state index contributed by atoms with van der Waals surface area (Å²) in [6.07, 6.45) is 9.18. The lowest BCUT2D eigenvalue weighted by atomic mass is 9.74. The van der Waals surface area contributed by atoms with Crippen LogP contribution in [0.2, 0.25) is 0 Å². The zero-order chi connectivity index (χ0) is 12.4. The first-order valence-corrected chi connectivity index (χ1v) is 7.88. The molecule has 0 spiro atoms. The first-order chi connectivity index (χ1) is 8.81. The minimum atomic E-state index is 0.199. The normalized spacial score (nSPS) is 38.8. The van der Waals surface area contributed by atoms with Gasteiger partial charge in [-0.2, -0.15) is 0 Å². The van der Waals surface area contributed by atoms with Crippen LogP contribution in [-0.2, 0) is 0 Å². The molecule has 3 heteroatoms. The molecule has 104 valence electrons. The van der Waals surface area contributed by atoms with Crippen LogP contribution >= 0.6 is 0 Å². The molecular weight excluding hydrogens is 224 g/mol. The molecule has 4 fully saturated rings. The highest BCUT2D eigenvalue weighted by Gasteiger charge is 2.37. The zero-order valence-electron chi connectivity index (χ0n) is 11.5. The van der Waals surface area contributed by atoms with Gasteiger partial charge in [0, 0.05) is 31.2 Å². The van der Waals surface area contributed by atoms with Gasteiger partial charge in [0.15, 0.2) is 0 Å². The fourth-order valence-corrected chi connectivity index (χ4v) is 4.24. The van der Waals surface area contributed by atoms with Crippen molar-refractivity contribution >= 4 is 0 Å². The first-order valence-electron chi connectivity index (χ1n) is 7.88. The molecule has 1 aliphatic carbocycles. The smallest absolute Gasteiger partial charge is 0.0499 e. The summed E-state index contributed by atoms with van der Waals surface area (Å²) in [4.78, 5) is 2.60. The van der Waals surface area contributed by atoms with Crippen molar-refractivity contribution in [3.8, 4) is 0 Å². The minimum absolute atomic E-state index is 0.199. The number of fused-ring (bicyclic) bond motifs is 3. The maximum Gasteiger partial charge on any atom is 0.0499 e. The van der Waals surface area contributed by atoms with E-state index in [2.05, 4.69) is 10.2 Å². The quantitative estimate of drug-likeness (QED) is 0.798. The predicted molar refractivity (Wildman–Crippen MR) is 73.6 cm³/mol. The van der Waals surface area contributed by atoms with E-state index in [4.69, 9.17) is 0 Å². The van der Waals surface area contributed by atoms with Crippen LogP contribution < -0.4 is 5.32 Å². The van der Waals surface area contributed by atoms with E-state index in [1.165, 1.54) is 64.6 Å². The van der Waals surface area contributed by atoms with E-state index in [1.807, 2.05) is 0 Å². The molecule has 3 aliphatic heterocycles. The number of rotatable bonds is 4. The predicted octanol–water partition coefficient (Wildman–Crippen LogP) is 1.61. The lowest BCUT2D eigenvalue weighted by Gasteiger charge is -2.46. The lowest BCUT2D eigenvalue weighted by molar-refractivity contribution is 0.0431. The summed E-state index contributed by atoms with van der Waals surface area (Å²) < 4.78 is 0. The molecular formula is C15H28N2O. The van der Waals surface area contributed by atoms with Gasteiger partial charge in [0.1, 0.15) is 0 Å². The van der Waals surface area contributed by atoms with E-state index in [0.717, 1.165) is 12.5 Å². The highest BCUT2D eigenvalue weighted by atomic mass is 16.3. The van der Waals surface area contributed by atoms with Gasteiger partial charge in [-0.25, -0.2) is 0 Å². The number of piperidine rings is 3. The monoisotopic (exact) mass is 252 g/mol. The van der Waals surface area contributed by atoms with E-state index in [1.54, 1.807) is 0 Å². The second-order valence-electron chi connectivity index (χ2n) is 6.84. The molecule has 2 N–H and O–H groups in total. The van der Waals surface area contributed by atoms with E-state index >= 15 is 0 Å². The summed E-state index contributed by atoms with van der Waals surface area (Å²) >= 11 is 0. The Kier molecular flexibility index (Phi) is 3.92. The lowest BCUT2D eigenvalue weighted by Crippen LogP contribution is -2.57. The Balaban J connectivity index is 1.53. The van der Waals surface area contributed by atoms with Gasteiger partial charge in [-0.3, -0.25) is 0 Å². The third-order valence-electron chi connectivity index (χ3n) is 5.65. The average Bonchev–Trinajstić information content (AvgIpc) is 2.47. The van der Waals surface area contributed by atoms with Crippen LogP contribution in [0.1, 0.15) is 44.9 Å². The number of aliphatic hydroxyl groups is 1. The van der Waals surface area contributed by atoms with Crippen molar-refractivity contribution in [2.45, 2.75) is 51.0 Å². The maximum absolute atomic E-state index is 9.75. The van der Waals surface area contributed by atoms with E-state index in [-0.39, 0.29) is 5.41 Å². The van der Waals surface area contributed by atoms with Crippen molar-refractivity contribution in [3.05, 3.63) is 0 Å². The van der Waals surface area contributed by atoms with Crippen molar-refractivity contribution < 1.29 is 5.11 Å². The van der Waals surface area contributed by atoms with Crippen molar-refractivity contribution in [2.24, 2.45) is 11.3 Å². The second-order valence-corrected chi connectivity index (χ2v) is 6.84. The summed E-state index contributed by atoms with van der Waals surface area (Å²) in [6, 6.07) is 0.692. The van der Waals surface area contributed by atoms with Crippen molar-refractivity contribution in [2.75, 3.05) is 32.8 Å². The first kappa shape index (κ1) is 12.9. The Labute approximate surface area is 111 Å². The van der Waals surface area contributed by atoms with Gasteiger partial charge in [0.05, 0.1) is 0 Å². The molecule has 0 amide bonds. The Morgan fingerprint density at radius 1 is 1.11 bits per heavy atom. The second kappa shape index (κ2) is 5.48.